The van der Waals surface area contributed by atoms with Crippen LogP contribution in [0.15, 0.2) is 54.6 Å². The quantitative estimate of drug-likeness (QED) is 0.799. The maximum Gasteiger partial charge on any atom is 0.127 e. The molecule has 1 aliphatic rings. The van der Waals surface area contributed by atoms with Gasteiger partial charge in [-0.3, -0.25) is 0 Å². The summed E-state index contributed by atoms with van der Waals surface area (Å²) in [6.45, 7) is 0.643. The molecular formula is C18H17NO. The van der Waals surface area contributed by atoms with E-state index in [0.29, 0.717) is 13.0 Å². The molecule has 0 heterocycles. The van der Waals surface area contributed by atoms with Gasteiger partial charge in [0.25, 0.3) is 0 Å². The standard InChI is InChI=1S/C18H17NO/c19-13-12-18(10-11-18)14-20-17-9-5-4-8-16(17)15-6-2-1-3-7-15/h1-9H,10-12,14H2. The van der Waals surface area contributed by atoms with Crippen LogP contribution >= 0.6 is 0 Å². The molecule has 0 spiro atoms. The highest BCUT2D eigenvalue weighted by Gasteiger charge is 2.43. The molecular weight excluding hydrogens is 246 g/mol. The van der Waals surface area contributed by atoms with E-state index < -0.39 is 0 Å². The fourth-order valence-corrected chi connectivity index (χ4v) is 2.40. The van der Waals surface area contributed by atoms with Crippen molar-refractivity contribution in [1.29, 1.82) is 5.26 Å². The van der Waals surface area contributed by atoms with Gasteiger partial charge < -0.3 is 4.74 Å². The van der Waals surface area contributed by atoms with Crippen molar-refractivity contribution in [2.24, 2.45) is 5.41 Å². The number of rotatable bonds is 5. The molecule has 2 aromatic rings. The van der Waals surface area contributed by atoms with Crippen LogP contribution in [0.3, 0.4) is 0 Å². The SMILES string of the molecule is N#CCC1(COc2ccccc2-c2ccccc2)CC1. The van der Waals surface area contributed by atoms with Crippen molar-refractivity contribution in [2.45, 2.75) is 19.3 Å². The summed E-state index contributed by atoms with van der Waals surface area (Å²) in [5.74, 6) is 0.905. The van der Waals surface area contributed by atoms with E-state index in [4.69, 9.17) is 10.00 Å². The minimum atomic E-state index is 0.110. The summed E-state index contributed by atoms with van der Waals surface area (Å²) in [5, 5.41) is 8.87. The van der Waals surface area contributed by atoms with Crippen LogP contribution in [0, 0.1) is 16.7 Å². The van der Waals surface area contributed by atoms with Gasteiger partial charge in [0.1, 0.15) is 5.75 Å². The first-order valence-electron chi connectivity index (χ1n) is 6.97. The number of para-hydroxylation sites is 1. The summed E-state index contributed by atoms with van der Waals surface area (Å²) in [6, 6.07) is 20.6. The van der Waals surface area contributed by atoms with Crippen molar-refractivity contribution in [3.05, 3.63) is 54.6 Å². The molecule has 0 bridgehead atoms. The maximum atomic E-state index is 8.87. The third kappa shape index (κ3) is 2.67. The summed E-state index contributed by atoms with van der Waals surface area (Å²) in [5.41, 5.74) is 2.38. The monoisotopic (exact) mass is 263 g/mol. The molecule has 0 unspecified atom stereocenters. The average molecular weight is 263 g/mol. The highest BCUT2D eigenvalue weighted by atomic mass is 16.5. The van der Waals surface area contributed by atoms with Gasteiger partial charge >= 0.3 is 0 Å². The number of benzene rings is 2. The third-order valence-electron chi connectivity index (χ3n) is 3.92. The first-order valence-corrected chi connectivity index (χ1v) is 6.97. The summed E-state index contributed by atoms with van der Waals surface area (Å²) < 4.78 is 6.02. The van der Waals surface area contributed by atoms with Gasteiger partial charge in [0, 0.05) is 17.4 Å². The molecule has 20 heavy (non-hydrogen) atoms. The zero-order chi connectivity index (χ0) is 13.8. The molecule has 1 aliphatic carbocycles. The normalized spacial score (nSPS) is 15.3. The van der Waals surface area contributed by atoms with E-state index in [1.54, 1.807) is 0 Å². The lowest BCUT2D eigenvalue weighted by molar-refractivity contribution is 0.238. The Bertz CT molecular complexity index is 623. The summed E-state index contributed by atoms with van der Waals surface area (Å²) in [4.78, 5) is 0. The van der Waals surface area contributed by atoms with Gasteiger partial charge in [0.2, 0.25) is 0 Å². The van der Waals surface area contributed by atoms with E-state index in [1.807, 2.05) is 36.4 Å². The zero-order valence-electron chi connectivity index (χ0n) is 11.4. The maximum absolute atomic E-state index is 8.87. The largest absolute Gasteiger partial charge is 0.492 e. The Labute approximate surface area is 119 Å². The van der Waals surface area contributed by atoms with Crippen LogP contribution in [-0.4, -0.2) is 6.61 Å². The van der Waals surface area contributed by atoms with Crippen molar-refractivity contribution in [1.82, 2.24) is 0 Å². The fraction of sp³-hybridized carbons (Fsp3) is 0.278. The Morgan fingerprint density at radius 3 is 2.40 bits per heavy atom. The van der Waals surface area contributed by atoms with E-state index in [9.17, 15) is 0 Å². The molecule has 2 aromatic carbocycles. The second-order valence-corrected chi connectivity index (χ2v) is 5.49. The van der Waals surface area contributed by atoms with Crippen LogP contribution < -0.4 is 4.74 Å². The van der Waals surface area contributed by atoms with Gasteiger partial charge in [-0.25, -0.2) is 0 Å². The first kappa shape index (κ1) is 12.7. The molecule has 100 valence electrons. The molecule has 1 saturated carbocycles. The Morgan fingerprint density at radius 2 is 1.70 bits per heavy atom. The lowest BCUT2D eigenvalue weighted by Gasteiger charge is -2.15. The minimum absolute atomic E-state index is 0.110. The van der Waals surface area contributed by atoms with Gasteiger partial charge in [-0.05, 0) is 24.5 Å². The molecule has 0 saturated heterocycles. The highest BCUT2D eigenvalue weighted by molar-refractivity contribution is 5.70. The topological polar surface area (TPSA) is 33.0 Å². The van der Waals surface area contributed by atoms with E-state index in [0.717, 1.165) is 29.7 Å². The van der Waals surface area contributed by atoms with E-state index >= 15 is 0 Å². The zero-order valence-corrected chi connectivity index (χ0v) is 11.4. The van der Waals surface area contributed by atoms with Gasteiger partial charge in [-0.1, -0.05) is 48.5 Å². The van der Waals surface area contributed by atoms with Crippen molar-refractivity contribution in [2.75, 3.05) is 6.61 Å². The molecule has 0 aromatic heterocycles. The van der Waals surface area contributed by atoms with Crippen molar-refractivity contribution in [3.8, 4) is 22.9 Å². The summed E-state index contributed by atoms with van der Waals surface area (Å²) in [6.07, 6.45) is 2.81. The molecule has 0 aliphatic heterocycles. The van der Waals surface area contributed by atoms with Crippen molar-refractivity contribution < 1.29 is 4.74 Å². The summed E-state index contributed by atoms with van der Waals surface area (Å²) >= 11 is 0. The Hall–Kier alpha value is -2.27. The van der Waals surface area contributed by atoms with Gasteiger partial charge in [-0.15, -0.1) is 0 Å². The number of hydrogen-bond donors (Lipinski definition) is 0. The van der Waals surface area contributed by atoms with E-state index in [-0.39, 0.29) is 5.41 Å². The molecule has 2 heteroatoms. The van der Waals surface area contributed by atoms with E-state index in [1.165, 1.54) is 0 Å². The second kappa shape index (κ2) is 5.38. The Kier molecular flexibility index (Phi) is 3.43. The molecule has 0 amide bonds. The Morgan fingerprint density at radius 1 is 1.00 bits per heavy atom. The number of hydrogen-bond acceptors (Lipinski definition) is 2. The minimum Gasteiger partial charge on any atom is -0.492 e. The molecule has 3 rings (SSSR count). The average Bonchev–Trinajstić information content (AvgIpc) is 3.27. The lowest BCUT2D eigenvalue weighted by atomic mass is 10.0. The number of nitriles is 1. The van der Waals surface area contributed by atoms with Crippen LogP contribution in [-0.2, 0) is 0 Å². The van der Waals surface area contributed by atoms with Crippen molar-refractivity contribution >= 4 is 0 Å². The second-order valence-electron chi connectivity index (χ2n) is 5.49. The molecule has 0 N–H and O–H groups in total. The molecule has 2 nitrogen and oxygen atoms in total. The highest BCUT2D eigenvalue weighted by Crippen LogP contribution is 2.49. The van der Waals surface area contributed by atoms with Crippen LogP contribution in [0.5, 0.6) is 5.75 Å². The Balaban J connectivity index is 1.79. The first-order chi connectivity index (χ1) is 9.83. The number of ether oxygens (including phenoxy) is 1. The van der Waals surface area contributed by atoms with Crippen molar-refractivity contribution in [3.63, 3.8) is 0 Å². The third-order valence-corrected chi connectivity index (χ3v) is 3.92. The van der Waals surface area contributed by atoms with Gasteiger partial charge in [0.05, 0.1) is 12.7 Å². The molecule has 1 fully saturated rings. The predicted molar refractivity (Wildman–Crippen MR) is 79.3 cm³/mol. The van der Waals surface area contributed by atoms with Gasteiger partial charge in [-0.2, -0.15) is 5.26 Å². The molecule has 0 atom stereocenters. The smallest absolute Gasteiger partial charge is 0.127 e. The van der Waals surface area contributed by atoms with Crippen LogP contribution in [0.4, 0.5) is 0 Å². The van der Waals surface area contributed by atoms with Crippen LogP contribution in [0.2, 0.25) is 0 Å². The lowest BCUT2D eigenvalue weighted by Crippen LogP contribution is -2.12. The molecule has 0 radical (unpaired) electrons. The van der Waals surface area contributed by atoms with E-state index in [2.05, 4.69) is 24.3 Å². The number of nitrogens with zero attached hydrogens (tertiary/aromatic N) is 1. The van der Waals surface area contributed by atoms with Crippen LogP contribution in [0.1, 0.15) is 19.3 Å². The fourth-order valence-electron chi connectivity index (χ4n) is 2.40. The van der Waals surface area contributed by atoms with Crippen LogP contribution in [0.25, 0.3) is 11.1 Å². The van der Waals surface area contributed by atoms with Gasteiger partial charge in [0.15, 0.2) is 0 Å². The summed E-state index contributed by atoms with van der Waals surface area (Å²) in [7, 11) is 0. The predicted octanol–water partition coefficient (Wildman–Crippen LogP) is 4.43.